The zero-order valence-electron chi connectivity index (χ0n) is 24.5. The first kappa shape index (κ1) is 29.6. The molecule has 6 bridgehead atoms. The maximum atomic E-state index is 15.0. The highest BCUT2D eigenvalue weighted by Gasteiger charge is 2.22. The Labute approximate surface area is 246 Å². The summed E-state index contributed by atoms with van der Waals surface area (Å²) in [6.07, 6.45) is 5.78. The minimum absolute atomic E-state index is 0.112. The van der Waals surface area contributed by atoms with E-state index in [2.05, 4.69) is 49.6 Å². The van der Waals surface area contributed by atoms with E-state index in [4.69, 9.17) is 9.47 Å². The van der Waals surface area contributed by atoms with Crippen LogP contribution in [0.2, 0.25) is 0 Å². The first-order valence-corrected chi connectivity index (χ1v) is 15.9. The minimum atomic E-state index is -3.61. The summed E-state index contributed by atoms with van der Waals surface area (Å²) in [4.78, 5) is 13.3. The maximum absolute atomic E-state index is 15.0. The van der Waals surface area contributed by atoms with Gasteiger partial charge in [0.15, 0.2) is 11.6 Å². The van der Waals surface area contributed by atoms with Gasteiger partial charge in [-0.1, -0.05) is 0 Å². The Hall–Kier alpha value is -3.84. The molecule has 3 aliphatic rings. The smallest absolute Gasteiger partial charge is 0.232 e. The lowest BCUT2D eigenvalue weighted by atomic mass is 10.0. The van der Waals surface area contributed by atoms with E-state index in [-0.39, 0.29) is 11.8 Å². The molecule has 0 unspecified atom stereocenters. The van der Waals surface area contributed by atoms with E-state index in [1.54, 1.807) is 25.3 Å². The van der Waals surface area contributed by atoms with Gasteiger partial charge >= 0.3 is 0 Å². The molecule has 2 aromatic carbocycles. The van der Waals surface area contributed by atoms with Crippen molar-refractivity contribution in [3.8, 4) is 11.5 Å². The molecular weight excluding hydrogens is 561 g/mol. The second kappa shape index (κ2) is 12.6. The Bertz CT molecular complexity index is 1530. The van der Waals surface area contributed by atoms with Crippen LogP contribution in [-0.2, 0) is 16.4 Å². The molecule has 0 aliphatic carbocycles. The Balaban J connectivity index is 1.54. The second-order valence-corrected chi connectivity index (χ2v) is 12.7. The number of sulfonamides is 1. The van der Waals surface area contributed by atoms with Gasteiger partial charge in [0.2, 0.25) is 16.0 Å². The number of methoxy groups -OCH3 is 1. The van der Waals surface area contributed by atoms with Crippen molar-refractivity contribution >= 4 is 44.5 Å². The van der Waals surface area contributed by atoms with Crippen molar-refractivity contribution < 1.29 is 22.3 Å². The fraction of sp³-hybridized carbons (Fsp3) is 0.448. The van der Waals surface area contributed by atoms with Crippen molar-refractivity contribution in [3.63, 3.8) is 0 Å². The van der Waals surface area contributed by atoms with Gasteiger partial charge in [-0.25, -0.2) is 17.8 Å². The monoisotopic (exact) mass is 599 g/mol. The number of fused-ring (bicyclic) bond motifs is 7. The van der Waals surface area contributed by atoms with Crippen LogP contribution < -0.4 is 29.3 Å². The van der Waals surface area contributed by atoms with Crippen LogP contribution in [0.4, 0.5) is 38.9 Å². The summed E-state index contributed by atoms with van der Waals surface area (Å²) >= 11 is 0. The van der Waals surface area contributed by atoms with Crippen LogP contribution in [0.1, 0.15) is 24.8 Å². The number of hydrogen-bond acceptors (Lipinski definition) is 10. The Kier molecular flexibility index (Phi) is 8.88. The number of aromatic nitrogens is 2. The molecule has 1 aromatic heterocycles. The predicted molar refractivity (Wildman–Crippen MR) is 164 cm³/mol. The summed E-state index contributed by atoms with van der Waals surface area (Å²) < 4.78 is 52.7. The minimum Gasteiger partial charge on any atom is -0.494 e. The second-order valence-electron chi connectivity index (χ2n) is 10.7. The number of aryl methyl sites for hydroxylation is 1. The molecule has 6 rings (SSSR count). The van der Waals surface area contributed by atoms with Crippen LogP contribution in [0, 0.1) is 5.82 Å². The number of halogens is 1. The highest BCUT2D eigenvalue weighted by Crippen LogP contribution is 2.37. The van der Waals surface area contributed by atoms with Crippen molar-refractivity contribution in [3.05, 3.63) is 47.9 Å². The molecule has 11 nitrogen and oxygen atoms in total. The van der Waals surface area contributed by atoms with Gasteiger partial charge in [0.25, 0.3) is 0 Å². The third-order valence-corrected chi connectivity index (χ3v) is 8.85. The van der Waals surface area contributed by atoms with Crippen LogP contribution >= 0.6 is 0 Å². The van der Waals surface area contributed by atoms with Gasteiger partial charge in [0.05, 0.1) is 43.2 Å². The van der Waals surface area contributed by atoms with Crippen LogP contribution in [0.3, 0.4) is 0 Å². The summed E-state index contributed by atoms with van der Waals surface area (Å²) in [5.74, 6) is 0.509. The SMILES string of the molecule is COc1cc(N2CCN(C)CC2)c2cc1Nc1ncc(F)c(n1)Nc1ccc(cc1N(C)S(C)(=O)=O)OCCCCC2. The zero-order chi connectivity index (χ0) is 29.9. The van der Waals surface area contributed by atoms with Gasteiger partial charge in [-0.05, 0) is 56.5 Å². The molecule has 13 heteroatoms. The quantitative estimate of drug-likeness (QED) is 0.449. The molecule has 0 atom stereocenters. The van der Waals surface area contributed by atoms with Gasteiger partial charge in [0.1, 0.15) is 11.5 Å². The Morgan fingerprint density at radius 3 is 2.57 bits per heavy atom. The number of hydrogen-bond donors (Lipinski definition) is 2. The number of likely N-dealkylation sites (N-methyl/N-ethyl adjacent to an activating group) is 1. The van der Waals surface area contributed by atoms with Crippen molar-refractivity contribution in [2.24, 2.45) is 0 Å². The molecule has 3 aliphatic heterocycles. The van der Waals surface area contributed by atoms with Gasteiger partial charge in [-0.3, -0.25) is 4.31 Å². The topological polar surface area (TPSA) is 112 Å². The standard InChI is InChI=1S/C29H38FN7O4S/c1-35-11-13-37(14-12-35)25-18-27(40-3)24-16-20(25)8-6-5-7-15-41-21-9-10-23(26(17-21)36(2)42(4,38)39)32-28-22(30)19-31-29(33-24)34-28/h9-10,16-19H,5-8,11-15H2,1-4H3,(H2,31,32,33,34). The van der Waals surface area contributed by atoms with Crippen molar-refractivity contribution in [2.75, 3.05) is 80.1 Å². The van der Waals surface area contributed by atoms with Crippen molar-refractivity contribution in [1.29, 1.82) is 0 Å². The van der Waals surface area contributed by atoms with E-state index in [0.29, 0.717) is 35.2 Å². The first-order valence-electron chi connectivity index (χ1n) is 14.0. The molecular formula is C29H38FN7O4S. The predicted octanol–water partition coefficient (Wildman–Crippen LogP) is 4.36. The molecule has 1 saturated heterocycles. The number of piperazine rings is 1. The molecule has 42 heavy (non-hydrogen) atoms. The number of nitrogens with one attached hydrogen (secondary N) is 2. The number of benzene rings is 2. The Morgan fingerprint density at radius 2 is 1.83 bits per heavy atom. The summed E-state index contributed by atoms with van der Waals surface area (Å²) in [6, 6.07) is 9.13. The molecule has 2 N–H and O–H groups in total. The molecule has 0 saturated carbocycles. The van der Waals surface area contributed by atoms with E-state index < -0.39 is 15.8 Å². The van der Waals surface area contributed by atoms with Crippen LogP contribution in [-0.4, -0.2) is 83.5 Å². The molecule has 1 fully saturated rings. The van der Waals surface area contributed by atoms with E-state index >= 15 is 0 Å². The van der Waals surface area contributed by atoms with E-state index in [1.165, 1.54) is 12.6 Å². The summed E-state index contributed by atoms with van der Waals surface area (Å²) in [5.41, 5.74) is 3.66. The van der Waals surface area contributed by atoms with E-state index in [1.807, 2.05) is 0 Å². The number of ether oxygens (including phenoxy) is 2. The summed E-state index contributed by atoms with van der Waals surface area (Å²) in [5, 5.41) is 6.17. The molecule has 0 radical (unpaired) electrons. The average molecular weight is 600 g/mol. The van der Waals surface area contributed by atoms with E-state index in [9.17, 15) is 12.8 Å². The van der Waals surface area contributed by atoms with Crippen molar-refractivity contribution in [1.82, 2.24) is 14.9 Å². The van der Waals surface area contributed by atoms with Crippen LogP contribution in [0.25, 0.3) is 0 Å². The lowest BCUT2D eigenvalue weighted by molar-refractivity contribution is 0.305. The highest BCUT2D eigenvalue weighted by atomic mass is 32.2. The first-order chi connectivity index (χ1) is 20.1. The number of anilines is 6. The summed E-state index contributed by atoms with van der Waals surface area (Å²) in [6.45, 7) is 4.32. The third kappa shape index (κ3) is 6.79. The maximum Gasteiger partial charge on any atom is 0.232 e. The Morgan fingerprint density at radius 1 is 1.05 bits per heavy atom. The lowest BCUT2D eigenvalue weighted by Gasteiger charge is -2.35. The van der Waals surface area contributed by atoms with Gasteiger partial charge in [-0.15, -0.1) is 0 Å². The number of nitrogens with zero attached hydrogens (tertiary/aromatic N) is 5. The highest BCUT2D eigenvalue weighted by molar-refractivity contribution is 7.92. The van der Waals surface area contributed by atoms with Gasteiger partial charge in [0, 0.05) is 51.0 Å². The van der Waals surface area contributed by atoms with E-state index in [0.717, 1.165) is 74.3 Å². The van der Waals surface area contributed by atoms with Crippen LogP contribution in [0.5, 0.6) is 11.5 Å². The molecule has 226 valence electrons. The number of rotatable bonds is 4. The fourth-order valence-corrected chi connectivity index (χ4v) is 5.62. The van der Waals surface area contributed by atoms with Crippen LogP contribution in [0.15, 0.2) is 36.5 Å². The normalized spacial score (nSPS) is 16.5. The van der Waals surface area contributed by atoms with Crippen molar-refractivity contribution in [2.45, 2.75) is 25.7 Å². The third-order valence-electron chi connectivity index (χ3n) is 7.65. The zero-order valence-corrected chi connectivity index (χ0v) is 25.3. The molecule has 3 aromatic rings. The average Bonchev–Trinajstić information content (AvgIpc) is 2.96. The largest absolute Gasteiger partial charge is 0.494 e. The molecule has 4 heterocycles. The molecule has 0 amide bonds. The lowest BCUT2D eigenvalue weighted by Crippen LogP contribution is -2.44. The molecule has 0 spiro atoms. The van der Waals surface area contributed by atoms with Gasteiger partial charge in [-0.2, -0.15) is 4.98 Å². The fourth-order valence-electron chi connectivity index (χ4n) is 5.12. The summed E-state index contributed by atoms with van der Waals surface area (Å²) in [7, 11) is 1.58. The van der Waals surface area contributed by atoms with Gasteiger partial charge < -0.3 is 29.9 Å².